The SMILES string of the molecule is CCCOC(=O)c1ccc(O)c(O)c1. The fourth-order valence-corrected chi connectivity index (χ4v) is 0.929. The monoisotopic (exact) mass is 196 g/mol. The highest BCUT2D eigenvalue weighted by molar-refractivity contribution is 5.90. The van der Waals surface area contributed by atoms with E-state index in [4.69, 9.17) is 14.9 Å². The van der Waals surface area contributed by atoms with E-state index in [0.717, 1.165) is 6.42 Å². The molecule has 0 radical (unpaired) electrons. The Morgan fingerprint density at radius 2 is 2.07 bits per heavy atom. The normalized spacial score (nSPS) is 9.79. The summed E-state index contributed by atoms with van der Waals surface area (Å²) < 4.78 is 4.84. The lowest BCUT2D eigenvalue weighted by Crippen LogP contribution is -2.05. The number of carbonyl (C=O) groups is 1. The van der Waals surface area contributed by atoms with Crippen LogP contribution in [0.15, 0.2) is 18.2 Å². The maximum atomic E-state index is 11.3. The molecular formula is C10H12O4. The van der Waals surface area contributed by atoms with Crippen LogP contribution in [-0.4, -0.2) is 22.8 Å². The lowest BCUT2D eigenvalue weighted by atomic mass is 10.2. The van der Waals surface area contributed by atoms with Crippen LogP contribution in [-0.2, 0) is 4.74 Å². The van der Waals surface area contributed by atoms with Crippen LogP contribution in [0.2, 0.25) is 0 Å². The molecule has 0 aliphatic rings. The van der Waals surface area contributed by atoms with Crippen molar-refractivity contribution in [3.8, 4) is 11.5 Å². The van der Waals surface area contributed by atoms with Crippen LogP contribution in [0, 0.1) is 0 Å². The third-order valence-corrected chi connectivity index (χ3v) is 1.65. The zero-order valence-corrected chi connectivity index (χ0v) is 7.86. The summed E-state index contributed by atoms with van der Waals surface area (Å²) in [6.45, 7) is 2.24. The van der Waals surface area contributed by atoms with Gasteiger partial charge in [-0.25, -0.2) is 4.79 Å². The standard InChI is InChI=1S/C10H12O4/c1-2-5-14-10(13)7-3-4-8(11)9(12)6-7/h3-4,6,11-12H,2,5H2,1H3. The van der Waals surface area contributed by atoms with E-state index in [9.17, 15) is 4.79 Å². The van der Waals surface area contributed by atoms with Crippen molar-refractivity contribution in [3.63, 3.8) is 0 Å². The summed E-state index contributed by atoms with van der Waals surface area (Å²) in [5.41, 5.74) is 0.230. The summed E-state index contributed by atoms with van der Waals surface area (Å²) in [6, 6.07) is 3.82. The second-order valence-electron chi connectivity index (χ2n) is 2.84. The Bertz CT molecular complexity index is 333. The zero-order chi connectivity index (χ0) is 10.6. The van der Waals surface area contributed by atoms with E-state index in [1.165, 1.54) is 18.2 Å². The molecule has 1 aromatic carbocycles. The first-order chi connectivity index (χ1) is 6.65. The lowest BCUT2D eigenvalue weighted by Gasteiger charge is -2.03. The average molecular weight is 196 g/mol. The Morgan fingerprint density at radius 3 is 2.64 bits per heavy atom. The molecule has 0 atom stereocenters. The van der Waals surface area contributed by atoms with E-state index in [2.05, 4.69) is 0 Å². The Morgan fingerprint density at radius 1 is 1.36 bits per heavy atom. The predicted octanol–water partition coefficient (Wildman–Crippen LogP) is 1.66. The number of rotatable bonds is 3. The second-order valence-corrected chi connectivity index (χ2v) is 2.84. The van der Waals surface area contributed by atoms with Gasteiger partial charge in [-0.15, -0.1) is 0 Å². The molecule has 0 unspecified atom stereocenters. The van der Waals surface area contributed by atoms with Gasteiger partial charge in [0.15, 0.2) is 11.5 Å². The lowest BCUT2D eigenvalue weighted by molar-refractivity contribution is 0.0504. The molecule has 0 amide bonds. The van der Waals surface area contributed by atoms with Gasteiger partial charge >= 0.3 is 5.97 Å². The van der Waals surface area contributed by atoms with Crippen molar-refractivity contribution in [2.75, 3.05) is 6.61 Å². The van der Waals surface area contributed by atoms with Gasteiger partial charge in [0.25, 0.3) is 0 Å². The van der Waals surface area contributed by atoms with Crippen molar-refractivity contribution in [1.82, 2.24) is 0 Å². The van der Waals surface area contributed by atoms with Gasteiger partial charge in [-0.3, -0.25) is 0 Å². The smallest absolute Gasteiger partial charge is 0.338 e. The number of carbonyl (C=O) groups excluding carboxylic acids is 1. The topological polar surface area (TPSA) is 66.8 Å². The summed E-state index contributed by atoms with van der Waals surface area (Å²) in [5, 5.41) is 18.1. The van der Waals surface area contributed by atoms with Crippen molar-refractivity contribution in [1.29, 1.82) is 0 Å². The van der Waals surface area contributed by atoms with Crippen LogP contribution in [0.4, 0.5) is 0 Å². The highest BCUT2D eigenvalue weighted by atomic mass is 16.5. The molecule has 0 saturated heterocycles. The molecule has 0 bridgehead atoms. The number of phenolic OH excluding ortho intramolecular Hbond substituents is 2. The minimum absolute atomic E-state index is 0.230. The maximum Gasteiger partial charge on any atom is 0.338 e. The number of phenols is 2. The minimum atomic E-state index is -0.498. The van der Waals surface area contributed by atoms with E-state index < -0.39 is 5.97 Å². The number of benzene rings is 1. The van der Waals surface area contributed by atoms with Gasteiger partial charge in [0, 0.05) is 0 Å². The number of hydrogen-bond acceptors (Lipinski definition) is 4. The molecule has 1 rings (SSSR count). The van der Waals surface area contributed by atoms with E-state index in [1.807, 2.05) is 6.92 Å². The van der Waals surface area contributed by atoms with E-state index >= 15 is 0 Å². The largest absolute Gasteiger partial charge is 0.504 e. The fraction of sp³-hybridized carbons (Fsp3) is 0.300. The van der Waals surface area contributed by atoms with Crippen LogP contribution >= 0.6 is 0 Å². The molecular weight excluding hydrogens is 184 g/mol. The molecule has 14 heavy (non-hydrogen) atoms. The van der Waals surface area contributed by atoms with Crippen molar-refractivity contribution < 1.29 is 19.7 Å². The highest BCUT2D eigenvalue weighted by Gasteiger charge is 2.09. The molecule has 0 saturated carbocycles. The molecule has 0 heterocycles. The number of aromatic hydroxyl groups is 2. The third-order valence-electron chi connectivity index (χ3n) is 1.65. The molecule has 0 aliphatic carbocycles. The van der Waals surface area contributed by atoms with Crippen LogP contribution in [0.1, 0.15) is 23.7 Å². The van der Waals surface area contributed by atoms with Gasteiger partial charge in [-0.2, -0.15) is 0 Å². The van der Waals surface area contributed by atoms with Gasteiger partial charge in [-0.05, 0) is 24.6 Å². The maximum absolute atomic E-state index is 11.3. The summed E-state index contributed by atoms with van der Waals surface area (Å²) in [5.74, 6) is -1.07. The van der Waals surface area contributed by atoms with Gasteiger partial charge in [0.05, 0.1) is 12.2 Å². The summed E-state index contributed by atoms with van der Waals surface area (Å²) >= 11 is 0. The predicted molar refractivity (Wildman–Crippen MR) is 50.3 cm³/mol. The quantitative estimate of drug-likeness (QED) is 0.570. The Labute approximate surface area is 81.8 Å². The molecule has 1 aromatic rings. The van der Waals surface area contributed by atoms with Gasteiger partial charge in [-0.1, -0.05) is 6.92 Å². The number of hydrogen-bond donors (Lipinski definition) is 2. The number of esters is 1. The van der Waals surface area contributed by atoms with Crippen molar-refractivity contribution >= 4 is 5.97 Å². The van der Waals surface area contributed by atoms with Gasteiger partial charge in [0.1, 0.15) is 0 Å². The Kier molecular flexibility index (Phi) is 3.34. The van der Waals surface area contributed by atoms with Crippen LogP contribution in [0.25, 0.3) is 0 Å². The van der Waals surface area contributed by atoms with Gasteiger partial charge < -0.3 is 14.9 Å². The highest BCUT2D eigenvalue weighted by Crippen LogP contribution is 2.25. The molecule has 0 fully saturated rings. The van der Waals surface area contributed by atoms with Crippen molar-refractivity contribution in [3.05, 3.63) is 23.8 Å². The summed E-state index contributed by atoms with van der Waals surface area (Å²) in [6.07, 6.45) is 0.746. The van der Waals surface area contributed by atoms with E-state index in [0.29, 0.717) is 6.61 Å². The van der Waals surface area contributed by atoms with E-state index in [-0.39, 0.29) is 17.1 Å². The third kappa shape index (κ3) is 2.39. The first-order valence-corrected chi connectivity index (χ1v) is 4.34. The molecule has 0 spiro atoms. The first kappa shape index (κ1) is 10.4. The Hall–Kier alpha value is -1.71. The first-order valence-electron chi connectivity index (χ1n) is 4.34. The second kappa shape index (κ2) is 4.50. The minimum Gasteiger partial charge on any atom is -0.504 e. The molecule has 4 heteroatoms. The zero-order valence-electron chi connectivity index (χ0n) is 7.86. The Balaban J connectivity index is 2.76. The van der Waals surface area contributed by atoms with Crippen LogP contribution in [0.3, 0.4) is 0 Å². The molecule has 2 N–H and O–H groups in total. The van der Waals surface area contributed by atoms with Crippen LogP contribution < -0.4 is 0 Å². The number of ether oxygens (including phenoxy) is 1. The molecule has 76 valence electrons. The van der Waals surface area contributed by atoms with E-state index in [1.54, 1.807) is 0 Å². The summed E-state index contributed by atoms with van der Waals surface area (Å²) in [4.78, 5) is 11.3. The van der Waals surface area contributed by atoms with Gasteiger partial charge in [0.2, 0.25) is 0 Å². The van der Waals surface area contributed by atoms with Crippen LogP contribution in [0.5, 0.6) is 11.5 Å². The van der Waals surface area contributed by atoms with Crippen molar-refractivity contribution in [2.45, 2.75) is 13.3 Å². The summed E-state index contributed by atoms with van der Waals surface area (Å²) in [7, 11) is 0. The average Bonchev–Trinajstić information content (AvgIpc) is 2.18. The fourth-order valence-electron chi connectivity index (χ4n) is 0.929. The van der Waals surface area contributed by atoms with Crippen molar-refractivity contribution in [2.24, 2.45) is 0 Å². The molecule has 0 aliphatic heterocycles. The molecule has 4 nitrogen and oxygen atoms in total. The molecule has 0 aromatic heterocycles.